The number of piperidine rings is 1. The molecule has 1 aliphatic rings. The summed E-state index contributed by atoms with van der Waals surface area (Å²) in [5.41, 5.74) is 0.0406. The van der Waals surface area contributed by atoms with E-state index in [0.717, 1.165) is 29.5 Å². The van der Waals surface area contributed by atoms with Crippen molar-refractivity contribution in [3.8, 4) is 0 Å². The number of imidazole rings is 1. The van der Waals surface area contributed by atoms with Crippen LogP contribution in [0.5, 0.6) is 0 Å². The number of fused-ring (bicyclic) bond motifs is 1. The van der Waals surface area contributed by atoms with Crippen molar-refractivity contribution in [2.45, 2.75) is 65.6 Å². The fourth-order valence-corrected chi connectivity index (χ4v) is 3.35. The van der Waals surface area contributed by atoms with Gasteiger partial charge in [0.15, 0.2) is 11.2 Å². The molecule has 10 nitrogen and oxygen atoms in total. The Labute approximate surface area is 174 Å². The molecule has 1 fully saturated rings. The van der Waals surface area contributed by atoms with Gasteiger partial charge in [-0.05, 0) is 47.5 Å². The second kappa shape index (κ2) is 8.37. The number of carbonyl (C=O) groups excluding carboxylic acids is 1. The third-order valence-electron chi connectivity index (χ3n) is 4.74. The quantitative estimate of drug-likeness (QED) is 0.651. The number of allylic oxidation sites excluding steroid dienone is 2. The van der Waals surface area contributed by atoms with E-state index in [1.54, 1.807) is 0 Å². The van der Waals surface area contributed by atoms with Gasteiger partial charge in [0.05, 0.1) is 0 Å². The highest BCUT2D eigenvalue weighted by molar-refractivity contribution is 5.72. The Morgan fingerprint density at radius 2 is 2.03 bits per heavy atom. The number of anilines is 1. The van der Waals surface area contributed by atoms with Gasteiger partial charge >= 0.3 is 11.8 Å². The maximum absolute atomic E-state index is 12.8. The summed E-state index contributed by atoms with van der Waals surface area (Å²) in [5.74, 6) is 0.494. The Morgan fingerprint density at radius 3 is 2.70 bits per heavy atom. The maximum Gasteiger partial charge on any atom is 0.407 e. The third kappa shape index (κ3) is 5.11. The third-order valence-corrected chi connectivity index (χ3v) is 4.74. The van der Waals surface area contributed by atoms with Crippen molar-refractivity contribution in [2.24, 2.45) is 0 Å². The van der Waals surface area contributed by atoms with E-state index in [-0.39, 0.29) is 23.8 Å². The summed E-state index contributed by atoms with van der Waals surface area (Å²) in [5, 5.41) is 2.89. The first-order valence-electron chi connectivity index (χ1n) is 10.1. The van der Waals surface area contributed by atoms with E-state index in [1.165, 1.54) is 0 Å². The van der Waals surface area contributed by atoms with Crippen molar-refractivity contribution in [2.75, 3.05) is 18.0 Å². The number of nitrogens with zero attached hydrogens (tertiary/aromatic N) is 3. The van der Waals surface area contributed by atoms with Gasteiger partial charge in [-0.25, -0.2) is 9.59 Å². The standard InChI is InChI=1S/C20H30N6O4/c1-12(2)8-10-26-16(27)14-15(24-18(26)28)23-17(22-14)25-9-6-7-13(11-25)21-19(29)30-20(3,4)5/h8,13H,6-7,9-11H2,1-5H3,(H,21,29)(H,22,23)(H,24,28)/t13-/m0/s1. The molecule has 3 N–H and O–H groups in total. The molecule has 0 aliphatic carbocycles. The Hall–Kier alpha value is -3.04. The van der Waals surface area contributed by atoms with E-state index < -0.39 is 22.9 Å². The minimum absolute atomic E-state index is 0.102. The number of aromatic amines is 2. The number of aromatic nitrogens is 4. The number of hydrogen-bond donors (Lipinski definition) is 3. The van der Waals surface area contributed by atoms with Crippen LogP contribution in [0.1, 0.15) is 47.5 Å². The summed E-state index contributed by atoms with van der Waals surface area (Å²) in [4.78, 5) is 49.2. The first-order chi connectivity index (χ1) is 14.0. The highest BCUT2D eigenvalue weighted by atomic mass is 16.6. The number of amides is 1. The van der Waals surface area contributed by atoms with Crippen molar-refractivity contribution in [3.05, 3.63) is 32.5 Å². The molecule has 10 heteroatoms. The number of alkyl carbamates (subject to hydrolysis) is 1. The average Bonchev–Trinajstić information content (AvgIpc) is 3.04. The highest BCUT2D eigenvalue weighted by Crippen LogP contribution is 2.19. The Balaban J connectivity index is 1.80. The molecular weight excluding hydrogens is 388 g/mol. The molecule has 2 aromatic heterocycles. The number of H-pyrrole nitrogens is 2. The average molecular weight is 418 g/mol. The van der Waals surface area contributed by atoms with E-state index in [0.29, 0.717) is 12.5 Å². The van der Waals surface area contributed by atoms with Gasteiger partial charge < -0.3 is 19.9 Å². The molecule has 0 saturated carbocycles. The minimum atomic E-state index is -0.561. The van der Waals surface area contributed by atoms with Crippen molar-refractivity contribution in [1.29, 1.82) is 0 Å². The number of rotatable bonds is 4. The van der Waals surface area contributed by atoms with Gasteiger partial charge in [0.1, 0.15) is 5.60 Å². The van der Waals surface area contributed by atoms with Crippen LogP contribution in [0, 0.1) is 0 Å². The first kappa shape index (κ1) is 21.7. The zero-order valence-electron chi connectivity index (χ0n) is 18.2. The summed E-state index contributed by atoms with van der Waals surface area (Å²) in [7, 11) is 0. The lowest BCUT2D eigenvalue weighted by atomic mass is 10.1. The van der Waals surface area contributed by atoms with Crippen LogP contribution >= 0.6 is 0 Å². The second-order valence-corrected chi connectivity index (χ2v) is 8.84. The number of nitrogens with one attached hydrogen (secondary N) is 3. The van der Waals surface area contributed by atoms with E-state index in [1.807, 2.05) is 45.6 Å². The summed E-state index contributed by atoms with van der Waals surface area (Å²) in [6.07, 6.45) is 3.03. The van der Waals surface area contributed by atoms with Gasteiger partial charge in [0, 0.05) is 25.7 Å². The first-order valence-corrected chi connectivity index (χ1v) is 10.1. The van der Waals surface area contributed by atoms with E-state index in [9.17, 15) is 14.4 Å². The van der Waals surface area contributed by atoms with Crippen LogP contribution in [0.3, 0.4) is 0 Å². The SMILES string of the molecule is CC(C)=CCn1c(=O)[nH]c2nc(N3CCC[C@H](NC(=O)OC(C)(C)C)C3)[nH]c2c1=O. The van der Waals surface area contributed by atoms with Crippen molar-refractivity contribution >= 4 is 23.2 Å². The van der Waals surface area contributed by atoms with Crippen LogP contribution in [0.4, 0.5) is 10.7 Å². The maximum atomic E-state index is 12.8. The fraction of sp³-hybridized carbons (Fsp3) is 0.600. The lowest BCUT2D eigenvalue weighted by Gasteiger charge is -2.33. The normalized spacial score (nSPS) is 17.1. The number of hydrogen-bond acceptors (Lipinski definition) is 6. The van der Waals surface area contributed by atoms with Crippen LogP contribution in [0.25, 0.3) is 11.2 Å². The summed E-state index contributed by atoms with van der Waals surface area (Å²) in [6, 6.07) is -0.102. The monoisotopic (exact) mass is 418 g/mol. The summed E-state index contributed by atoms with van der Waals surface area (Å²) in [6.45, 7) is 10.7. The molecule has 30 heavy (non-hydrogen) atoms. The van der Waals surface area contributed by atoms with Gasteiger partial charge in [-0.1, -0.05) is 11.6 Å². The van der Waals surface area contributed by atoms with E-state index >= 15 is 0 Å². The van der Waals surface area contributed by atoms with Gasteiger partial charge in [0.2, 0.25) is 5.95 Å². The zero-order chi connectivity index (χ0) is 22.1. The smallest absolute Gasteiger partial charge is 0.407 e. The van der Waals surface area contributed by atoms with Crippen molar-refractivity contribution < 1.29 is 9.53 Å². The molecule has 164 valence electrons. The second-order valence-electron chi connectivity index (χ2n) is 8.84. The molecule has 1 aliphatic heterocycles. The van der Waals surface area contributed by atoms with Gasteiger partial charge in [0.25, 0.3) is 5.56 Å². The van der Waals surface area contributed by atoms with Crippen LogP contribution < -0.4 is 21.5 Å². The van der Waals surface area contributed by atoms with Gasteiger partial charge in [-0.2, -0.15) is 4.98 Å². The van der Waals surface area contributed by atoms with Crippen molar-refractivity contribution in [3.63, 3.8) is 0 Å². The molecule has 1 amide bonds. The molecular formula is C20H30N6O4. The van der Waals surface area contributed by atoms with Gasteiger partial charge in [-0.3, -0.25) is 14.3 Å². The molecule has 1 saturated heterocycles. The molecule has 0 unspecified atom stereocenters. The summed E-state index contributed by atoms with van der Waals surface area (Å²) >= 11 is 0. The zero-order valence-corrected chi connectivity index (χ0v) is 18.2. The predicted octanol–water partition coefficient (Wildman–Crippen LogP) is 1.87. The number of carbonyl (C=O) groups is 1. The minimum Gasteiger partial charge on any atom is -0.444 e. The summed E-state index contributed by atoms with van der Waals surface area (Å²) < 4.78 is 6.47. The molecule has 1 atom stereocenters. The predicted molar refractivity (Wildman–Crippen MR) is 115 cm³/mol. The number of ether oxygens (including phenoxy) is 1. The lowest BCUT2D eigenvalue weighted by Crippen LogP contribution is -2.49. The fourth-order valence-electron chi connectivity index (χ4n) is 3.35. The molecule has 0 radical (unpaired) electrons. The molecule has 3 rings (SSSR count). The Bertz CT molecular complexity index is 1070. The van der Waals surface area contributed by atoms with Gasteiger partial charge in [-0.15, -0.1) is 0 Å². The van der Waals surface area contributed by atoms with Crippen LogP contribution in [0.2, 0.25) is 0 Å². The van der Waals surface area contributed by atoms with Crippen LogP contribution in [0.15, 0.2) is 21.2 Å². The largest absolute Gasteiger partial charge is 0.444 e. The van der Waals surface area contributed by atoms with Crippen LogP contribution in [-0.2, 0) is 11.3 Å². The molecule has 0 spiro atoms. The highest BCUT2D eigenvalue weighted by Gasteiger charge is 2.26. The molecule has 2 aromatic rings. The molecule has 0 bridgehead atoms. The van der Waals surface area contributed by atoms with E-state index in [4.69, 9.17) is 4.74 Å². The molecule has 0 aromatic carbocycles. The Kier molecular flexibility index (Phi) is 6.04. The lowest BCUT2D eigenvalue weighted by molar-refractivity contribution is 0.0500. The van der Waals surface area contributed by atoms with Crippen molar-refractivity contribution in [1.82, 2.24) is 24.8 Å². The molecule has 3 heterocycles. The van der Waals surface area contributed by atoms with Crippen LogP contribution in [-0.4, -0.2) is 50.3 Å². The van der Waals surface area contributed by atoms with E-state index in [2.05, 4.69) is 20.3 Å². The Morgan fingerprint density at radius 1 is 1.30 bits per heavy atom. The topological polar surface area (TPSA) is 125 Å².